The Hall–Kier alpha value is -0.510. The van der Waals surface area contributed by atoms with Crippen LogP contribution in [0.1, 0.15) is 0 Å². The molecule has 0 saturated carbocycles. The minimum atomic E-state index is 0.594. The van der Waals surface area contributed by atoms with E-state index in [0.29, 0.717) is 14.8 Å². The van der Waals surface area contributed by atoms with Crippen molar-refractivity contribution in [1.29, 1.82) is 0 Å². The van der Waals surface area contributed by atoms with E-state index in [0.717, 1.165) is 5.69 Å². The van der Waals surface area contributed by atoms with Gasteiger partial charge in [-0.25, -0.2) is 4.98 Å². The largest absolute Gasteiger partial charge is 0.293 e. The number of hydrogen-bond donors (Lipinski definition) is 0. The van der Waals surface area contributed by atoms with E-state index < -0.39 is 0 Å². The van der Waals surface area contributed by atoms with Crippen molar-refractivity contribution in [2.75, 3.05) is 0 Å². The summed E-state index contributed by atoms with van der Waals surface area (Å²) in [5.41, 5.74) is 0.848. The summed E-state index contributed by atoms with van der Waals surface area (Å²) in [4.78, 5) is 4.04. The maximum absolute atomic E-state index is 6.04. The molecular weight excluding hydrogens is 287 g/mol. The molecule has 0 aliphatic rings. The summed E-state index contributed by atoms with van der Waals surface area (Å²) in [6, 6.07) is 5.33. The third kappa shape index (κ3) is 1.80. The van der Waals surface area contributed by atoms with Gasteiger partial charge in [-0.05, 0) is 34.1 Å². The zero-order valence-corrected chi connectivity index (χ0v) is 10.0. The standard InChI is InChI=1S/C9H5BrCl2N2/c10-9-13-3-4-14(9)8-2-1-6(11)5-7(8)12/h1-5H. The Morgan fingerprint density at radius 1 is 1.29 bits per heavy atom. The maximum atomic E-state index is 6.04. The van der Waals surface area contributed by atoms with E-state index in [4.69, 9.17) is 23.2 Å². The van der Waals surface area contributed by atoms with Gasteiger partial charge in [-0.2, -0.15) is 0 Å². The van der Waals surface area contributed by atoms with Crippen molar-refractivity contribution in [3.05, 3.63) is 45.4 Å². The van der Waals surface area contributed by atoms with Gasteiger partial charge in [-0.1, -0.05) is 23.2 Å². The van der Waals surface area contributed by atoms with Gasteiger partial charge < -0.3 is 0 Å². The van der Waals surface area contributed by atoms with Gasteiger partial charge in [0.2, 0.25) is 0 Å². The molecule has 0 radical (unpaired) electrons. The fraction of sp³-hybridized carbons (Fsp3) is 0. The van der Waals surface area contributed by atoms with Crippen molar-refractivity contribution in [3.8, 4) is 5.69 Å². The fourth-order valence-corrected chi connectivity index (χ4v) is 2.07. The molecule has 0 aliphatic carbocycles. The molecule has 0 amide bonds. The number of aromatic nitrogens is 2. The molecule has 1 aromatic heterocycles. The number of nitrogens with zero attached hydrogens (tertiary/aromatic N) is 2. The zero-order chi connectivity index (χ0) is 10.1. The summed E-state index contributed by atoms with van der Waals surface area (Å²) in [6.45, 7) is 0. The lowest BCUT2D eigenvalue weighted by Crippen LogP contribution is -1.93. The molecule has 0 bridgehead atoms. The number of benzene rings is 1. The van der Waals surface area contributed by atoms with Crippen molar-refractivity contribution >= 4 is 39.1 Å². The minimum absolute atomic E-state index is 0.594. The molecule has 0 aliphatic heterocycles. The van der Waals surface area contributed by atoms with E-state index in [-0.39, 0.29) is 0 Å². The normalized spacial score (nSPS) is 10.5. The van der Waals surface area contributed by atoms with Crippen molar-refractivity contribution < 1.29 is 0 Å². The monoisotopic (exact) mass is 290 g/mol. The Morgan fingerprint density at radius 2 is 2.07 bits per heavy atom. The van der Waals surface area contributed by atoms with Crippen LogP contribution in [-0.2, 0) is 0 Å². The Labute approximate surface area is 99.6 Å². The molecule has 0 N–H and O–H groups in total. The Morgan fingerprint density at radius 3 is 2.64 bits per heavy atom. The molecule has 2 aromatic rings. The van der Waals surface area contributed by atoms with Crippen LogP contribution >= 0.6 is 39.1 Å². The second-order valence-electron chi connectivity index (χ2n) is 2.66. The second-order valence-corrected chi connectivity index (χ2v) is 4.21. The van der Waals surface area contributed by atoms with Crippen LogP contribution in [0.5, 0.6) is 0 Å². The average molecular weight is 292 g/mol. The highest BCUT2D eigenvalue weighted by Gasteiger charge is 2.06. The smallest absolute Gasteiger partial charge is 0.181 e. The van der Waals surface area contributed by atoms with Crippen LogP contribution in [-0.4, -0.2) is 9.55 Å². The maximum Gasteiger partial charge on any atom is 0.181 e. The molecule has 0 fully saturated rings. The summed E-state index contributed by atoms with van der Waals surface area (Å²) >= 11 is 15.2. The first-order chi connectivity index (χ1) is 6.68. The molecule has 0 atom stereocenters. The topological polar surface area (TPSA) is 17.8 Å². The third-order valence-corrected chi connectivity index (χ3v) is 2.89. The molecule has 0 spiro atoms. The van der Waals surface area contributed by atoms with E-state index in [1.807, 2.05) is 16.8 Å². The first-order valence-corrected chi connectivity index (χ1v) is 5.37. The SMILES string of the molecule is Clc1ccc(-n2ccnc2Br)c(Cl)c1. The summed E-state index contributed by atoms with van der Waals surface area (Å²) in [7, 11) is 0. The van der Waals surface area contributed by atoms with E-state index in [1.54, 1.807) is 18.3 Å². The number of rotatable bonds is 1. The van der Waals surface area contributed by atoms with Crippen molar-refractivity contribution in [2.45, 2.75) is 0 Å². The molecular formula is C9H5BrCl2N2. The fourth-order valence-electron chi connectivity index (χ4n) is 1.14. The van der Waals surface area contributed by atoms with Crippen LogP contribution in [0, 0.1) is 0 Å². The lowest BCUT2D eigenvalue weighted by Gasteiger charge is -2.06. The van der Waals surface area contributed by atoms with Crippen LogP contribution in [0.2, 0.25) is 10.0 Å². The Balaban J connectivity index is 2.58. The third-order valence-electron chi connectivity index (χ3n) is 1.76. The predicted octanol–water partition coefficient (Wildman–Crippen LogP) is 3.94. The highest BCUT2D eigenvalue weighted by atomic mass is 79.9. The van der Waals surface area contributed by atoms with Gasteiger partial charge >= 0.3 is 0 Å². The predicted molar refractivity (Wildman–Crippen MR) is 61.3 cm³/mol. The van der Waals surface area contributed by atoms with E-state index in [1.165, 1.54) is 0 Å². The molecule has 0 saturated heterocycles. The van der Waals surface area contributed by atoms with Gasteiger partial charge in [0.1, 0.15) is 0 Å². The molecule has 72 valence electrons. The minimum Gasteiger partial charge on any atom is -0.293 e. The van der Waals surface area contributed by atoms with E-state index in [2.05, 4.69) is 20.9 Å². The first kappa shape index (κ1) is 10.0. The highest BCUT2D eigenvalue weighted by Crippen LogP contribution is 2.26. The van der Waals surface area contributed by atoms with Crippen LogP contribution in [0.4, 0.5) is 0 Å². The highest BCUT2D eigenvalue weighted by molar-refractivity contribution is 9.10. The van der Waals surface area contributed by atoms with Crippen LogP contribution in [0.25, 0.3) is 5.69 Å². The van der Waals surface area contributed by atoms with Gasteiger partial charge in [-0.3, -0.25) is 4.57 Å². The van der Waals surface area contributed by atoms with Crippen LogP contribution < -0.4 is 0 Å². The molecule has 2 rings (SSSR count). The molecule has 1 heterocycles. The van der Waals surface area contributed by atoms with Gasteiger partial charge in [0.15, 0.2) is 4.73 Å². The van der Waals surface area contributed by atoms with Crippen molar-refractivity contribution in [1.82, 2.24) is 9.55 Å². The molecule has 2 nitrogen and oxygen atoms in total. The first-order valence-electron chi connectivity index (χ1n) is 3.83. The number of hydrogen-bond acceptors (Lipinski definition) is 1. The van der Waals surface area contributed by atoms with E-state index >= 15 is 0 Å². The quantitative estimate of drug-likeness (QED) is 0.778. The lowest BCUT2D eigenvalue weighted by atomic mass is 10.3. The second kappa shape index (κ2) is 3.93. The van der Waals surface area contributed by atoms with Crippen molar-refractivity contribution in [2.24, 2.45) is 0 Å². The van der Waals surface area contributed by atoms with Gasteiger partial charge in [0.05, 0.1) is 10.7 Å². The molecule has 5 heteroatoms. The summed E-state index contributed by atoms with van der Waals surface area (Å²) in [5, 5.41) is 1.21. The number of imidazole rings is 1. The van der Waals surface area contributed by atoms with Gasteiger partial charge in [-0.15, -0.1) is 0 Å². The average Bonchev–Trinajstić information content (AvgIpc) is 2.52. The number of halogens is 3. The molecule has 14 heavy (non-hydrogen) atoms. The van der Waals surface area contributed by atoms with Crippen LogP contribution in [0.15, 0.2) is 35.3 Å². The Kier molecular flexibility index (Phi) is 2.81. The summed E-state index contributed by atoms with van der Waals surface area (Å²) in [6.07, 6.45) is 3.51. The van der Waals surface area contributed by atoms with Crippen molar-refractivity contribution in [3.63, 3.8) is 0 Å². The lowest BCUT2D eigenvalue weighted by molar-refractivity contribution is 1.01. The zero-order valence-electron chi connectivity index (χ0n) is 6.92. The van der Waals surface area contributed by atoms with Gasteiger partial charge in [0.25, 0.3) is 0 Å². The van der Waals surface area contributed by atoms with Crippen LogP contribution in [0.3, 0.4) is 0 Å². The Bertz CT molecular complexity index is 468. The molecule has 0 unspecified atom stereocenters. The molecule has 1 aromatic carbocycles. The summed E-state index contributed by atoms with van der Waals surface area (Å²) < 4.78 is 2.54. The summed E-state index contributed by atoms with van der Waals surface area (Å²) in [5.74, 6) is 0. The van der Waals surface area contributed by atoms with E-state index in [9.17, 15) is 0 Å². The van der Waals surface area contributed by atoms with Gasteiger partial charge in [0, 0.05) is 17.4 Å².